The van der Waals surface area contributed by atoms with Crippen LogP contribution in [0.3, 0.4) is 0 Å². The van der Waals surface area contributed by atoms with E-state index in [1.807, 2.05) is 91.0 Å². The molecule has 3 aromatic rings. The van der Waals surface area contributed by atoms with Crippen molar-refractivity contribution in [2.45, 2.75) is 3.79 Å². The van der Waals surface area contributed by atoms with Gasteiger partial charge >= 0.3 is 0 Å². The summed E-state index contributed by atoms with van der Waals surface area (Å²) < 4.78 is 2.88. The van der Waals surface area contributed by atoms with Gasteiger partial charge in [-0.2, -0.15) is 4.76 Å². The van der Waals surface area contributed by atoms with Crippen LogP contribution < -0.4 is 15.5 Å². The smallest absolute Gasteiger partial charge is 0.248 e. The number of rotatable bonds is 6. The van der Waals surface area contributed by atoms with E-state index in [1.165, 1.54) is 0 Å². The summed E-state index contributed by atoms with van der Waals surface area (Å²) in [5.41, 5.74) is 2.36. The van der Waals surface area contributed by atoms with Crippen molar-refractivity contribution in [2.75, 3.05) is 15.5 Å². The molecule has 9 heteroatoms. The van der Waals surface area contributed by atoms with Gasteiger partial charge in [-0.05, 0) is 48.2 Å². The van der Waals surface area contributed by atoms with Crippen LogP contribution in [0.4, 0.5) is 17.1 Å². The van der Waals surface area contributed by atoms with E-state index in [0.717, 1.165) is 17.1 Å². The molecule has 0 aliphatic heterocycles. The van der Waals surface area contributed by atoms with Gasteiger partial charge in [0.25, 0.3) is 0 Å². The summed E-state index contributed by atoms with van der Waals surface area (Å²) in [6.45, 7) is -2.85. The van der Waals surface area contributed by atoms with Crippen molar-refractivity contribution < 1.29 is 0 Å². The Balaban J connectivity index is 2.00. The minimum Gasteiger partial charge on any atom is -0.340 e. The SMILES string of the molecule is S=P(/N=C(\Nc1ccccc1)C(Cl)(Cl)Cl)(Nc1ccccc1)Nc1ccccc1. The molecule has 0 aromatic heterocycles. The highest BCUT2D eigenvalue weighted by Crippen LogP contribution is 2.49. The van der Waals surface area contributed by atoms with Gasteiger partial charge in [0.2, 0.25) is 10.3 Å². The first kappa shape index (κ1) is 21.9. The highest BCUT2D eigenvalue weighted by atomic mass is 35.6. The Morgan fingerprint density at radius 2 is 1.07 bits per heavy atom. The number of hydrogen-bond donors (Lipinski definition) is 3. The Kier molecular flexibility index (Phi) is 7.44. The molecule has 0 radical (unpaired) electrons. The quantitative estimate of drug-likeness (QED) is 0.149. The van der Waals surface area contributed by atoms with Crippen molar-refractivity contribution in [1.82, 2.24) is 0 Å². The van der Waals surface area contributed by atoms with Gasteiger partial charge in [-0.1, -0.05) is 89.4 Å². The lowest BCUT2D eigenvalue weighted by Gasteiger charge is -2.26. The third-order valence-electron chi connectivity index (χ3n) is 3.65. The normalized spacial score (nSPS) is 12.3. The summed E-state index contributed by atoms with van der Waals surface area (Å²) in [4.78, 5) is 0. The Hall–Kier alpha value is -1.75. The van der Waals surface area contributed by atoms with Crippen molar-refractivity contribution in [3.8, 4) is 0 Å². The number of benzene rings is 3. The largest absolute Gasteiger partial charge is 0.340 e. The minimum atomic E-state index is -2.85. The van der Waals surface area contributed by atoms with E-state index in [4.69, 9.17) is 46.6 Å². The van der Waals surface area contributed by atoms with Gasteiger partial charge in [0.1, 0.15) is 0 Å². The molecule has 4 nitrogen and oxygen atoms in total. The maximum atomic E-state index is 6.21. The van der Waals surface area contributed by atoms with Crippen LogP contribution in [0.1, 0.15) is 0 Å². The van der Waals surface area contributed by atoms with E-state index in [9.17, 15) is 0 Å². The second-order valence-electron chi connectivity index (χ2n) is 5.97. The molecule has 0 atom stereocenters. The summed E-state index contributed by atoms with van der Waals surface area (Å²) in [5, 5.41) is 9.69. The monoisotopic (exact) mass is 482 g/mol. The predicted molar refractivity (Wildman–Crippen MR) is 132 cm³/mol. The number of alkyl halides is 3. The molecule has 3 aromatic carbocycles. The van der Waals surface area contributed by atoms with E-state index < -0.39 is 10.3 Å². The third kappa shape index (κ3) is 6.91. The molecule has 0 fully saturated rings. The van der Waals surface area contributed by atoms with Gasteiger partial charge in [0.15, 0.2) is 5.84 Å². The highest BCUT2D eigenvalue weighted by molar-refractivity contribution is 8.15. The number of anilines is 3. The Morgan fingerprint density at radius 3 is 1.45 bits per heavy atom. The predicted octanol–water partition coefficient (Wildman–Crippen LogP) is 7.32. The van der Waals surface area contributed by atoms with E-state index in [1.54, 1.807) is 0 Å². The van der Waals surface area contributed by atoms with Gasteiger partial charge < -0.3 is 15.5 Å². The molecule has 0 aliphatic carbocycles. The number of nitrogens with zero attached hydrogens (tertiary/aromatic N) is 1. The first-order valence-corrected chi connectivity index (χ1v) is 12.5. The Morgan fingerprint density at radius 1 is 0.690 bits per heavy atom. The lowest BCUT2D eigenvalue weighted by Crippen LogP contribution is -2.28. The average molecular weight is 484 g/mol. The third-order valence-corrected chi connectivity index (χ3v) is 6.59. The molecule has 0 amide bonds. The molecule has 3 rings (SSSR count). The number of para-hydroxylation sites is 3. The molecule has 29 heavy (non-hydrogen) atoms. The number of hydrogen-bond acceptors (Lipinski definition) is 1. The van der Waals surface area contributed by atoms with Crippen LogP contribution in [0.5, 0.6) is 0 Å². The Labute approximate surface area is 190 Å². The zero-order valence-corrected chi connectivity index (χ0v) is 19.1. The van der Waals surface area contributed by atoms with Crippen LogP contribution in [-0.4, -0.2) is 9.63 Å². The summed E-state index contributed by atoms with van der Waals surface area (Å²) in [5.74, 6) is 0.129. The second-order valence-corrected chi connectivity index (χ2v) is 11.6. The molecule has 3 N–H and O–H groups in total. The molecule has 0 bridgehead atoms. The van der Waals surface area contributed by atoms with E-state index in [-0.39, 0.29) is 5.84 Å². The zero-order chi connectivity index (χ0) is 20.7. The first-order valence-electron chi connectivity index (χ1n) is 8.60. The molecule has 0 heterocycles. The van der Waals surface area contributed by atoms with Crippen LogP contribution in [0.15, 0.2) is 95.8 Å². The number of halogens is 3. The fourth-order valence-electron chi connectivity index (χ4n) is 2.40. The van der Waals surface area contributed by atoms with E-state index in [0.29, 0.717) is 0 Å². The van der Waals surface area contributed by atoms with Gasteiger partial charge in [-0.3, -0.25) is 0 Å². The fourth-order valence-corrected chi connectivity index (χ4v) is 5.36. The first-order chi connectivity index (χ1) is 13.8. The summed E-state index contributed by atoms with van der Waals surface area (Å²) in [6.07, 6.45) is 0. The van der Waals surface area contributed by atoms with Crippen molar-refractivity contribution >= 4 is 76.0 Å². The molecule has 0 saturated carbocycles. The van der Waals surface area contributed by atoms with Crippen molar-refractivity contribution in [3.63, 3.8) is 0 Å². The lowest BCUT2D eigenvalue weighted by molar-refractivity contribution is 1.46. The van der Waals surface area contributed by atoms with Crippen LogP contribution in [0.25, 0.3) is 0 Å². The van der Waals surface area contributed by atoms with Gasteiger partial charge in [0, 0.05) is 17.1 Å². The lowest BCUT2D eigenvalue weighted by atomic mass is 10.3. The van der Waals surface area contributed by atoms with Crippen molar-refractivity contribution in [3.05, 3.63) is 91.0 Å². The zero-order valence-electron chi connectivity index (χ0n) is 15.1. The van der Waals surface area contributed by atoms with Crippen molar-refractivity contribution in [2.24, 2.45) is 4.76 Å². The molecular formula is C20H18Cl3N4PS. The summed E-state index contributed by atoms with van der Waals surface area (Å²) in [7, 11) is 0. The second kappa shape index (κ2) is 9.84. The maximum Gasteiger partial charge on any atom is 0.248 e. The molecule has 150 valence electrons. The number of nitrogens with one attached hydrogen (secondary N) is 3. The fraction of sp³-hybridized carbons (Fsp3) is 0.0500. The standard InChI is InChI=1S/C20H18Cl3N4PS/c21-20(22,23)19(24-16-10-4-1-5-11-16)27-28(29,25-17-12-6-2-7-13-17)26-18-14-8-3-9-15-18/h1-15H,(H3,24,25,26,27,29). The average Bonchev–Trinajstić information content (AvgIpc) is 2.69. The van der Waals surface area contributed by atoms with Crippen LogP contribution in [0, 0.1) is 0 Å². The molecule has 0 unspecified atom stereocenters. The molecule has 0 aliphatic rings. The Bertz CT molecular complexity index is 951. The topological polar surface area (TPSA) is 48.5 Å². The minimum absolute atomic E-state index is 0.129. The van der Waals surface area contributed by atoms with Crippen LogP contribution in [-0.2, 0) is 11.8 Å². The highest BCUT2D eigenvalue weighted by Gasteiger charge is 2.31. The van der Waals surface area contributed by atoms with Crippen LogP contribution in [0.2, 0.25) is 0 Å². The van der Waals surface area contributed by atoms with E-state index in [2.05, 4.69) is 20.3 Å². The van der Waals surface area contributed by atoms with Crippen LogP contribution >= 0.6 is 41.3 Å². The maximum absolute atomic E-state index is 6.21. The molecule has 0 saturated heterocycles. The van der Waals surface area contributed by atoms with E-state index >= 15 is 0 Å². The van der Waals surface area contributed by atoms with Gasteiger partial charge in [0.05, 0.1) is 0 Å². The summed E-state index contributed by atoms with van der Waals surface area (Å²) in [6, 6.07) is 28.5. The molecular weight excluding hydrogens is 466 g/mol. The molecule has 0 spiro atoms. The van der Waals surface area contributed by atoms with Crippen molar-refractivity contribution in [1.29, 1.82) is 0 Å². The number of amidine groups is 1. The van der Waals surface area contributed by atoms with Gasteiger partial charge in [-0.15, -0.1) is 0 Å². The van der Waals surface area contributed by atoms with Gasteiger partial charge in [-0.25, -0.2) is 0 Å². The summed E-state index contributed by atoms with van der Waals surface area (Å²) >= 11 is 24.6.